The van der Waals surface area contributed by atoms with E-state index < -0.39 is 11.1 Å². The second kappa shape index (κ2) is 9.79. The highest BCUT2D eigenvalue weighted by Crippen LogP contribution is 2.34. The van der Waals surface area contributed by atoms with Gasteiger partial charge in [-0.2, -0.15) is 0 Å². The maximum atomic E-state index is 11.0. The van der Waals surface area contributed by atoms with E-state index in [1.807, 2.05) is 30.3 Å². The Morgan fingerprint density at radius 3 is 2.16 bits per heavy atom. The summed E-state index contributed by atoms with van der Waals surface area (Å²) in [5.41, 5.74) is 7.18. The molecule has 4 rings (SSSR count). The van der Waals surface area contributed by atoms with Gasteiger partial charge in [-0.25, -0.2) is 4.21 Å². The average Bonchev–Trinajstić information content (AvgIpc) is 3.15. The van der Waals surface area contributed by atoms with Crippen molar-refractivity contribution >= 4 is 33.6 Å². The number of aryl methyl sites for hydroxylation is 1. The van der Waals surface area contributed by atoms with Crippen molar-refractivity contribution in [1.82, 2.24) is 4.98 Å². The summed E-state index contributed by atoms with van der Waals surface area (Å²) >= 11 is 4.76. The van der Waals surface area contributed by atoms with Crippen molar-refractivity contribution in [3.05, 3.63) is 83.0 Å². The molecule has 6 heteroatoms. The molecule has 0 bridgehead atoms. The maximum absolute atomic E-state index is 11.0. The standard InChI is InChI=1S/C25H24ClNO3S/c26-24-15-25-21(13-22(27-25)3-1-2-12-28)14-23(24)20-10-8-19(9-11-20)18-6-4-17(5-7-18)16-31(29)30/h4-11,13-15,27-28H,1-3,12,16H2,(H,29,30). The van der Waals surface area contributed by atoms with Gasteiger partial charge in [0.05, 0.1) is 10.8 Å². The number of aliphatic hydroxyl groups excluding tert-OH is 1. The van der Waals surface area contributed by atoms with E-state index in [-0.39, 0.29) is 12.4 Å². The third-order valence-corrected chi connectivity index (χ3v) is 6.28. The van der Waals surface area contributed by atoms with E-state index in [0.29, 0.717) is 5.02 Å². The van der Waals surface area contributed by atoms with Crippen LogP contribution in [-0.2, 0) is 23.3 Å². The van der Waals surface area contributed by atoms with Crippen LogP contribution in [-0.4, -0.2) is 25.5 Å². The first kappa shape index (κ1) is 21.8. The molecule has 0 amide bonds. The van der Waals surface area contributed by atoms with E-state index in [9.17, 15) is 4.21 Å². The Bertz CT molecular complexity index is 1200. The molecule has 4 aromatic rings. The fourth-order valence-corrected chi connectivity index (χ4v) is 4.53. The minimum atomic E-state index is -1.83. The van der Waals surface area contributed by atoms with Gasteiger partial charge in [-0.05, 0) is 59.7 Å². The number of H-pyrrole nitrogens is 1. The number of hydrogen-bond acceptors (Lipinski definition) is 2. The molecule has 1 aromatic heterocycles. The predicted octanol–water partition coefficient (Wildman–Crippen LogP) is 6.19. The number of halogens is 1. The number of aromatic amines is 1. The van der Waals surface area contributed by atoms with Gasteiger partial charge in [-0.3, -0.25) is 0 Å². The average molecular weight is 454 g/mol. The van der Waals surface area contributed by atoms with Crippen LogP contribution in [0, 0.1) is 0 Å². The van der Waals surface area contributed by atoms with Crippen molar-refractivity contribution in [2.45, 2.75) is 25.0 Å². The van der Waals surface area contributed by atoms with E-state index in [1.54, 1.807) is 0 Å². The van der Waals surface area contributed by atoms with Crippen LogP contribution in [0.3, 0.4) is 0 Å². The molecule has 0 aliphatic rings. The van der Waals surface area contributed by atoms with E-state index >= 15 is 0 Å². The summed E-state index contributed by atoms with van der Waals surface area (Å²) in [4.78, 5) is 3.42. The largest absolute Gasteiger partial charge is 0.396 e. The van der Waals surface area contributed by atoms with Crippen LogP contribution in [0.25, 0.3) is 33.2 Å². The molecule has 0 fully saturated rings. The zero-order valence-corrected chi connectivity index (χ0v) is 18.5. The minimum Gasteiger partial charge on any atom is -0.396 e. The molecule has 31 heavy (non-hydrogen) atoms. The number of unbranched alkanes of at least 4 members (excludes halogenated alkanes) is 1. The van der Waals surface area contributed by atoms with E-state index in [2.05, 4.69) is 41.4 Å². The zero-order chi connectivity index (χ0) is 21.8. The molecule has 1 atom stereocenters. The SMILES string of the molecule is O=S(O)Cc1ccc(-c2ccc(-c3cc4cc(CCCCO)[nH]c4cc3Cl)cc2)cc1. The van der Waals surface area contributed by atoms with Crippen molar-refractivity contribution in [2.75, 3.05) is 6.61 Å². The number of rotatable bonds is 8. The highest BCUT2D eigenvalue weighted by atomic mass is 35.5. The van der Waals surface area contributed by atoms with Gasteiger partial charge in [0.15, 0.2) is 11.1 Å². The molecule has 4 nitrogen and oxygen atoms in total. The molecular weight excluding hydrogens is 430 g/mol. The van der Waals surface area contributed by atoms with Gasteiger partial charge in [0.1, 0.15) is 0 Å². The van der Waals surface area contributed by atoms with Crippen LogP contribution in [0.15, 0.2) is 66.7 Å². The number of aliphatic hydroxyl groups is 1. The van der Waals surface area contributed by atoms with Gasteiger partial charge in [-0.1, -0.05) is 60.1 Å². The number of benzene rings is 3. The summed E-state index contributed by atoms with van der Waals surface area (Å²) in [5.74, 6) is 0.141. The molecule has 1 heterocycles. The first-order chi connectivity index (χ1) is 15.0. The minimum absolute atomic E-state index is 0.141. The van der Waals surface area contributed by atoms with E-state index in [0.717, 1.165) is 63.7 Å². The van der Waals surface area contributed by atoms with Gasteiger partial charge in [0.25, 0.3) is 0 Å². The Balaban J connectivity index is 1.56. The summed E-state index contributed by atoms with van der Waals surface area (Å²) in [5, 5.41) is 10.8. The van der Waals surface area contributed by atoms with Crippen LogP contribution in [0.5, 0.6) is 0 Å². The Labute approximate surface area is 189 Å². The highest BCUT2D eigenvalue weighted by Gasteiger charge is 2.09. The van der Waals surface area contributed by atoms with Gasteiger partial charge >= 0.3 is 0 Å². The highest BCUT2D eigenvalue weighted by molar-refractivity contribution is 7.78. The van der Waals surface area contributed by atoms with Gasteiger partial charge in [0, 0.05) is 28.8 Å². The molecule has 0 aliphatic heterocycles. The quantitative estimate of drug-likeness (QED) is 0.220. The van der Waals surface area contributed by atoms with E-state index in [4.69, 9.17) is 21.3 Å². The van der Waals surface area contributed by atoms with Gasteiger partial charge in [-0.15, -0.1) is 0 Å². The molecule has 160 valence electrons. The number of aromatic nitrogens is 1. The lowest BCUT2D eigenvalue weighted by Gasteiger charge is -2.08. The number of fused-ring (bicyclic) bond motifs is 1. The Morgan fingerprint density at radius 1 is 0.871 bits per heavy atom. The van der Waals surface area contributed by atoms with Crippen LogP contribution in [0.4, 0.5) is 0 Å². The topological polar surface area (TPSA) is 73.3 Å². The smallest absolute Gasteiger partial charge is 0.157 e. The summed E-state index contributed by atoms with van der Waals surface area (Å²) in [7, 11) is 0. The lowest BCUT2D eigenvalue weighted by atomic mass is 9.99. The molecule has 0 saturated heterocycles. The summed E-state index contributed by atoms with van der Waals surface area (Å²) in [6.07, 6.45) is 2.66. The van der Waals surface area contributed by atoms with Crippen molar-refractivity contribution in [2.24, 2.45) is 0 Å². The second-order valence-corrected chi connectivity index (χ2v) is 8.97. The fourth-order valence-electron chi connectivity index (χ4n) is 3.78. The first-order valence-electron chi connectivity index (χ1n) is 10.2. The predicted molar refractivity (Wildman–Crippen MR) is 129 cm³/mol. The molecule has 0 aliphatic carbocycles. The zero-order valence-electron chi connectivity index (χ0n) is 17.0. The Kier molecular flexibility index (Phi) is 6.88. The second-order valence-electron chi connectivity index (χ2n) is 7.63. The number of nitrogens with one attached hydrogen (secondary N) is 1. The van der Waals surface area contributed by atoms with Crippen LogP contribution in [0.1, 0.15) is 24.1 Å². The van der Waals surface area contributed by atoms with Crippen LogP contribution in [0.2, 0.25) is 5.02 Å². The molecule has 0 radical (unpaired) electrons. The monoisotopic (exact) mass is 453 g/mol. The molecular formula is C25H24ClNO3S. The van der Waals surface area contributed by atoms with Crippen LogP contribution < -0.4 is 0 Å². The molecule has 0 saturated carbocycles. The first-order valence-corrected chi connectivity index (χ1v) is 11.9. The van der Waals surface area contributed by atoms with Gasteiger partial charge < -0.3 is 14.6 Å². The summed E-state index contributed by atoms with van der Waals surface area (Å²) in [6, 6.07) is 22.2. The van der Waals surface area contributed by atoms with Crippen molar-refractivity contribution in [3.8, 4) is 22.3 Å². The van der Waals surface area contributed by atoms with Crippen molar-refractivity contribution in [1.29, 1.82) is 0 Å². The maximum Gasteiger partial charge on any atom is 0.157 e. The molecule has 3 N–H and O–H groups in total. The Hall–Kier alpha value is -2.44. The fraction of sp³-hybridized carbons (Fsp3) is 0.200. The Morgan fingerprint density at radius 2 is 1.52 bits per heavy atom. The van der Waals surface area contributed by atoms with Crippen molar-refractivity contribution < 1.29 is 13.9 Å². The summed E-state index contributed by atoms with van der Waals surface area (Å²) < 4.78 is 20.0. The summed E-state index contributed by atoms with van der Waals surface area (Å²) in [6.45, 7) is 0.222. The third-order valence-electron chi connectivity index (χ3n) is 5.39. The third kappa shape index (κ3) is 5.25. The number of hydrogen-bond donors (Lipinski definition) is 3. The normalized spacial score (nSPS) is 12.4. The lowest BCUT2D eigenvalue weighted by Crippen LogP contribution is -1.92. The van der Waals surface area contributed by atoms with E-state index in [1.165, 1.54) is 0 Å². The lowest BCUT2D eigenvalue weighted by molar-refractivity contribution is 0.284. The molecule has 1 unspecified atom stereocenters. The molecule has 0 spiro atoms. The van der Waals surface area contributed by atoms with Crippen LogP contribution >= 0.6 is 11.6 Å². The molecule has 3 aromatic carbocycles. The van der Waals surface area contributed by atoms with Gasteiger partial charge in [0.2, 0.25) is 0 Å². The van der Waals surface area contributed by atoms with Crippen molar-refractivity contribution in [3.63, 3.8) is 0 Å².